The Bertz CT molecular complexity index is 556. The maximum absolute atomic E-state index is 12.3. The molecule has 2 N–H and O–H groups in total. The molecule has 1 saturated carbocycles. The summed E-state index contributed by atoms with van der Waals surface area (Å²) in [7, 11) is 1.68. The second kappa shape index (κ2) is 5.25. The summed E-state index contributed by atoms with van der Waals surface area (Å²) >= 11 is 0. The average Bonchev–Trinajstić information content (AvgIpc) is 3.02. The van der Waals surface area contributed by atoms with Crippen molar-refractivity contribution in [3.8, 4) is 0 Å². The molecule has 2 atom stereocenters. The average molecular weight is 274 g/mol. The van der Waals surface area contributed by atoms with Crippen LogP contribution in [0.15, 0.2) is 18.2 Å². The van der Waals surface area contributed by atoms with E-state index in [1.807, 2.05) is 6.07 Å². The molecule has 2 unspecified atom stereocenters. The SMILES string of the molecule is COC1CCCC1NC(=O)c1ccc2c(c1)NC(=O)C2. The number of methoxy groups -OCH3 is 1. The molecule has 2 aliphatic rings. The van der Waals surface area contributed by atoms with E-state index in [0.717, 1.165) is 30.5 Å². The van der Waals surface area contributed by atoms with Gasteiger partial charge < -0.3 is 15.4 Å². The van der Waals surface area contributed by atoms with Gasteiger partial charge in [0.05, 0.1) is 18.6 Å². The fourth-order valence-electron chi connectivity index (χ4n) is 2.98. The largest absolute Gasteiger partial charge is 0.379 e. The minimum absolute atomic E-state index is 0.0206. The minimum Gasteiger partial charge on any atom is -0.379 e. The van der Waals surface area contributed by atoms with E-state index < -0.39 is 0 Å². The number of amides is 2. The Labute approximate surface area is 117 Å². The number of fused-ring (bicyclic) bond motifs is 1. The molecule has 2 amide bonds. The normalized spacial score (nSPS) is 24.4. The van der Waals surface area contributed by atoms with Gasteiger partial charge in [-0.25, -0.2) is 0 Å². The summed E-state index contributed by atoms with van der Waals surface area (Å²) in [4.78, 5) is 23.6. The van der Waals surface area contributed by atoms with E-state index >= 15 is 0 Å². The molecule has 5 nitrogen and oxygen atoms in total. The summed E-state index contributed by atoms with van der Waals surface area (Å²) in [6.45, 7) is 0. The molecular weight excluding hydrogens is 256 g/mol. The molecule has 1 aromatic rings. The van der Waals surface area contributed by atoms with Gasteiger partial charge in [0.15, 0.2) is 0 Å². The third-order valence-electron chi connectivity index (χ3n) is 4.07. The number of anilines is 1. The summed E-state index contributed by atoms with van der Waals surface area (Å²) in [5.74, 6) is -0.129. The van der Waals surface area contributed by atoms with Crippen LogP contribution in [0.4, 0.5) is 5.69 Å². The molecule has 0 radical (unpaired) electrons. The van der Waals surface area contributed by atoms with Crippen LogP contribution in [-0.4, -0.2) is 31.1 Å². The maximum Gasteiger partial charge on any atom is 0.251 e. The van der Waals surface area contributed by atoms with Crippen molar-refractivity contribution in [2.75, 3.05) is 12.4 Å². The van der Waals surface area contributed by atoms with Crippen LogP contribution >= 0.6 is 0 Å². The van der Waals surface area contributed by atoms with Gasteiger partial charge in [-0.1, -0.05) is 6.07 Å². The Balaban J connectivity index is 1.72. The number of ether oxygens (including phenoxy) is 1. The first-order valence-electron chi connectivity index (χ1n) is 6.94. The molecule has 3 rings (SSSR count). The van der Waals surface area contributed by atoms with Gasteiger partial charge in [-0.15, -0.1) is 0 Å². The van der Waals surface area contributed by atoms with Crippen LogP contribution in [-0.2, 0) is 16.0 Å². The molecule has 0 spiro atoms. The van der Waals surface area contributed by atoms with E-state index in [4.69, 9.17) is 4.74 Å². The standard InChI is InChI=1S/C15H18N2O3/c1-20-13-4-2-3-11(13)17-15(19)10-6-5-9-8-14(18)16-12(9)7-10/h5-7,11,13H,2-4,8H2,1H3,(H,16,18)(H,17,19). The van der Waals surface area contributed by atoms with Crippen molar-refractivity contribution in [3.63, 3.8) is 0 Å². The van der Waals surface area contributed by atoms with Gasteiger partial charge in [-0.3, -0.25) is 9.59 Å². The second-order valence-electron chi connectivity index (χ2n) is 5.38. The minimum atomic E-state index is -0.108. The molecule has 1 fully saturated rings. The number of hydrogen-bond acceptors (Lipinski definition) is 3. The Morgan fingerprint density at radius 1 is 1.40 bits per heavy atom. The fourth-order valence-corrected chi connectivity index (χ4v) is 2.98. The van der Waals surface area contributed by atoms with Gasteiger partial charge in [-0.05, 0) is 37.0 Å². The van der Waals surface area contributed by atoms with Crippen molar-refractivity contribution in [3.05, 3.63) is 29.3 Å². The van der Waals surface area contributed by atoms with Gasteiger partial charge in [0.2, 0.25) is 5.91 Å². The summed E-state index contributed by atoms with van der Waals surface area (Å²) in [5.41, 5.74) is 2.27. The zero-order valence-electron chi connectivity index (χ0n) is 11.4. The van der Waals surface area contributed by atoms with Crippen molar-refractivity contribution >= 4 is 17.5 Å². The van der Waals surface area contributed by atoms with Crippen LogP contribution in [0.2, 0.25) is 0 Å². The third kappa shape index (κ3) is 2.41. The number of benzene rings is 1. The third-order valence-corrected chi connectivity index (χ3v) is 4.07. The zero-order valence-corrected chi connectivity index (χ0v) is 11.4. The van der Waals surface area contributed by atoms with Gasteiger partial charge in [0.25, 0.3) is 5.91 Å². The van der Waals surface area contributed by atoms with Crippen LogP contribution in [0.3, 0.4) is 0 Å². The number of carbonyl (C=O) groups excluding carboxylic acids is 2. The lowest BCUT2D eigenvalue weighted by atomic mass is 10.1. The summed E-state index contributed by atoms with van der Waals surface area (Å²) in [6, 6.07) is 5.43. The van der Waals surface area contributed by atoms with Crippen molar-refractivity contribution in [1.82, 2.24) is 5.32 Å². The van der Waals surface area contributed by atoms with Crippen molar-refractivity contribution < 1.29 is 14.3 Å². The highest BCUT2D eigenvalue weighted by molar-refractivity contribution is 6.02. The predicted molar refractivity (Wildman–Crippen MR) is 74.7 cm³/mol. The van der Waals surface area contributed by atoms with Crippen LogP contribution < -0.4 is 10.6 Å². The lowest BCUT2D eigenvalue weighted by molar-refractivity contribution is -0.115. The Kier molecular flexibility index (Phi) is 3.44. The smallest absolute Gasteiger partial charge is 0.251 e. The Hall–Kier alpha value is -1.88. The van der Waals surface area contributed by atoms with E-state index in [0.29, 0.717) is 12.0 Å². The topological polar surface area (TPSA) is 67.4 Å². The number of rotatable bonds is 3. The molecule has 0 saturated heterocycles. The Morgan fingerprint density at radius 2 is 2.25 bits per heavy atom. The highest BCUT2D eigenvalue weighted by Gasteiger charge is 2.29. The second-order valence-corrected chi connectivity index (χ2v) is 5.38. The highest BCUT2D eigenvalue weighted by atomic mass is 16.5. The lowest BCUT2D eigenvalue weighted by Crippen LogP contribution is -2.40. The molecule has 1 aliphatic heterocycles. The highest BCUT2D eigenvalue weighted by Crippen LogP contribution is 2.25. The molecule has 1 aromatic carbocycles. The fraction of sp³-hybridized carbons (Fsp3) is 0.467. The maximum atomic E-state index is 12.3. The molecule has 20 heavy (non-hydrogen) atoms. The first-order chi connectivity index (χ1) is 9.67. The lowest BCUT2D eigenvalue weighted by Gasteiger charge is -2.19. The molecular formula is C15H18N2O3. The van der Waals surface area contributed by atoms with E-state index in [-0.39, 0.29) is 24.0 Å². The molecule has 106 valence electrons. The monoisotopic (exact) mass is 274 g/mol. The summed E-state index contributed by atoms with van der Waals surface area (Å²) in [6.07, 6.45) is 3.51. The quantitative estimate of drug-likeness (QED) is 0.877. The van der Waals surface area contributed by atoms with Crippen molar-refractivity contribution in [2.45, 2.75) is 37.8 Å². The predicted octanol–water partition coefficient (Wildman–Crippen LogP) is 1.48. The Morgan fingerprint density at radius 3 is 3.05 bits per heavy atom. The van der Waals surface area contributed by atoms with Gasteiger partial charge >= 0.3 is 0 Å². The van der Waals surface area contributed by atoms with Crippen molar-refractivity contribution in [1.29, 1.82) is 0 Å². The van der Waals surface area contributed by atoms with Crippen LogP contribution in [0, 0.1) is 0 Å². The van der Waals surface area contributed by atoms with E-state index in [1.165, 1.54) is 0 Å². The first kappa shape index (κ1) is 13.1. The summed E-state index contributed by atoms with van der Waals surface area (Å²) in [5, 5.41) is 5.78. The molecule has 5 heteroatoms. The zero-order chi connectivity index (χ0) is 14.1. The van der Waals surface area contributed by atoms with Crippen molar-refractivity contribution in [2.24, 2.45) is 0 Å². The van der Waals surface area contributed by atoms with Crippen LogP contribution in [0.1, 0.15) is 35.2 Å². The molecule has 1 heterocycles. The molecule has 0 aromatic heterocycles. The molecule has 0 bridgehead atoms. The summed E-state index contributed by atoms with van der Waals surface area (Å²) < 4.78 is 5.38. The number of carbonyl (C=O) groups is 2. The van der Waals surface area contributed by atoms with E-state index in [1.54, 1.807) is 19.2 Å². The van der Waals surface area contributed by atoms with Gasteiger partial charge in [-0.2, -0.15) is 0 Å². The first-order valence-corrected chi connectivity index (χ1v) is 6.94. The van der Waals surface area contributed by atoms with E-state index in [2.05, 4.69) is 10.6 Å². The van der Waals surface area contributed by atoms with Crippen LogP contribution in [0.25, 0.3) is 0 Å². The number of nitrogens with one attached hydrogen (secondary N) is 2. The molecule has 1 aliphatic carbocycles. The number of hydrogen-bond donors (Lipinski definition) is 2. The van der Waals surface area contributed by atoms with Crippen LogP contribution in [0.5, 0.6) is 0 Å². The van der Waals surface area contributed by atoms with Gasteiger partial charge in [0.1, 0.15) is 0 Å². The van der Waals surface area contributed by atoms with Gasteiger partial charge in [0, 0.05) is 18.4 Å². The van der Waals surface area contributed by atoms with E-state index in [9.17, 15) is 9.59 Å².